The third kappa shape index (κ3) is 10.0. The Morgan fingerprint density at radius 1 is 1.12 bits per heavy atom. The van der Waals surface area contributed by atoms with E-state index in [0.717, 1.165) is 25.2 Å². The van der Waals surface area contributed by atoms with Crippen molar-refractivity contribution in [2.75, 3.05) is 26.2 Å². The summed E-state index contributed by atoms with van der Waals surface area (Å²) in [7, 11) is 0. The molecule has 0 aliphatic rings. The first-order valence-electron chi connectivity index (χ1n) is 8.03. The maximum absolute atomic E-state index is 13.6. The molecule has 0 spiro atoms. The summed E-state index contributed by atoms with van der Waals surface area (Å²) in [4.78, 5) is 4.45. The van der Waals surface area contributed by atoms with Crippen LogP contribution in [-0.4, -0.2) is 37.7 Å². The highest BCUT2D eigenvalue weighted by Crippen LogP contribution is 2.09. The van der Waals surface area contributed by atoms with Crippen LogP contribution < -0.4 is 16.0 Å². The van der Waals surface area contributed by atoms with E-state index >= 15 is 0 Å². The van der Waals surface area contributed by atoms with Crippen LogP contribution in [0, 0.1) is 11.6 Å². The number of hydrogen-bond donors (Lipinski definition) is 3. The van der Waals surface area contributed by atoms with Crippen LogP contribution in [0.2, 0.25) is 0 Å². The minimum atomic E-state index is -0.421. The van der Waals surface area contributed by atoms with E-state index in [9.17, 15) is 8.78 Å². The Bertz CT molecular complexity index is 516. The second-order valence-electron chi connectivity index (χ2n) is 6.35. The Labute approximate surface area is 160 Å². The Hall–Kier alpha value is -0.960. The minimum Gasteiger partial charge on any atom is -0.357 e. The molecule has 0 bridgehead atoms. The average molecular weight is 454 g/mol. The number of rotatable bonds is 7. The van der Waals surface area contributed by atoms with Gasteiger partial charge >= 0.3 is 0 Å². The number of halogens is 3. The van der Waals surface area contributed by atoms with E-state index in [4.69, 9.17) is 0 Å². The molecule has 0 aliphatic heterocycles. The second-order valence-corrected chi connectivity index (χ2v) is 6.35. The summed E-state index contributed by atoms with van der Waals surface area (Å²) in [6, 6.07) is 3.51. The highest BCUT2D eigenvalue weighted by molar-refractivity contribution is 14.0. The van der Waals surface area contributed by atoms with Crippen molar-refractivity contribution < 1.29 is 8.78 Å². The van der Waals surface area contributed by atoms with Crippen LogP contribution in [0.25, 0.3) is 0 Å². The number of guanidine groups is 1. The van der Waals surface area contributed by atoms with Crippen molar-refractivity contribution >= 4 is 29.9 Å². The Balaban J connectivity index is 0.00000529. The lowest BCUT2D eigenvalue weighted by Crippen LogP contribution is -2.40. The molecule has 3 N–H and O–H groups in total. The fourth-order valence-corrected chi connectivity index (χ4v) is 1.99. The molecule has 4 nitrogen and oxygen atoms in total. The van der Waals surface area contributed by atoms with Gasteiger partial charge in [0.2, 0.25) is 0 Å². The van der Waals surface area contributed by atoms with E-state index in [1.54, 1.807) is 0 Å². The van der Waals surface area contributed by atoms with Crippen LogP contribution in [0.5, 0.6) is 0 Å². The molecule has 1 aromatic rings. The summed E-state index contributed by atoms with van der Waals surface area (Å²) in [6.07, 6.45) is 0.397. The van der Waals surface area contributed by atoms with E-state index < -0.39 is 5.82 Å². The second kappa shape index (κ2) is 11.6. The molecule has 0 saturated heterocycles. The fourth-order valence-electron chi connectivity index (χ4n) is 1.99. The molecule has 0 heterocycles. The monoisotopic (exact) mass is 454 g/mol. The molecule has 1 aromatic carbocycles. The smallest absolute Gasteiger partial charge is 0.191 e. The number of nitrogens with zero attached hydrogens (tertiary/aromatic N) is 1. The van der Waals surface area contributed by atoms with Gasteiger partial charge in [0, 0.05) is 25.2 Å². The molecule has 0 aliphatic carbocycles. The van der Waals surface area contributed by atoms with Crippen LogP contribution in [0.3, 0.4) is 0 Å². The molecule has 0 aromatic heterocycles. The molecule has 0 unspecified atom stereocenters. The normalized spacial score (nSPS) is 11.8. The van der Waals surface area contributed by atoms with Crippen molar-refractivity contribution in [3.8, 4) is 0 Å². The zero-order valence-electron chi connectivity index (χ0n) is 14.9. The minimum absolute atomic E-state index is 0. The van der Waals surface area contributed by atoms with Crippen LogP contribution >= 0.6 is 24.0 Å². The van der Waals surface area contributed by atoms with Gasteiger partial charge < -0.3 is 16.0 Å². The molecule has 1 rings (SSSR count). The van der Waals surface area contributed by atoms with E-state index in [-0.39, 0.29) is 35.3 Å². The first-order chi connectivity index (χ1) is 10.8. The third-order valence-electron chi connectivity index (χ3n) is 3.08. The molecule has 7 heteroatoms. The quantitative estimate of drug-likeness (QED) is 0.257. The topological polar surface area (TPSA) is 48.5 Å². The Morgan fingerprint density at radius 3 is 2.46 bits per heavy atom. The van der Waals surface area contributed by atoms with E-state index in [1.165, 1.54) is 6.07 Å². The first kappa shape index (κ1) is 23.0. The van der Waals surface area contributed by atoms with Crippen molar-refractivity contribution in [3.05, 3.63) is 35.4 Å². The predicted molar refractivity (Wildman–Crippen MR) is 107 cm³/mol. The van der Waals surface area contributed by atoms with Gasteiger partial charge in [-0.2, -0.15) is 0 Å². The van der Waals surface area contributed by atoms with Crippen LogP contribution in [0.1, 0.15) is 33.3 Å². The molecule has 24 heavy (non-hydrogen) atoms. The maximum Gasteiger partial charge on any atom is 0.191 e. The first-order valence-corrected chi connectivity index (χ1v) is 8.03. The number of nitrogens with one attached hydrogen (secondary N) is 3. The van der Waals surface area contributed by atoms with Gasteiger partial charge in [-0.25, -0.2) is 8.78 Å². The largest absolute Gasteiger partial charge is 0.357 e. The molecule has 0 amide bonds. The summed E-state index contributed by atoms with van der Waals surface area (Å²) in [5.41, 5.74) is 0.429. The summed E-state index contributed by atoms with van der Waals surface area (Å²) in [6.45, 7) is 10.9. The van der Waals surface area contributed by atoms with Gasteiger partial charge in [0.25, 0.3) is 0 Å². The molecule has 0 radical (unpaired) electrons. The Kier molecular flexibility index (Phi) is 11.1. The molecule has 0 fully saturated rings. The van der Waals surface area contributed by atoms with Crippen molar-refractivity contribution in [2.24, 2.45) is 4.99 Å². The standard InChI is InChI=1S/C17H28F2N4.HI/c1-5-20-16(22-10-11-23-17(2,3)4)21-9-8-13-12-14(18)6-7-15(13)19;/h6-7,12,23H,5,8-11H2,1-4H3,(H2,20,21,22);1H. The van der Waals surface area contributed by atoms with Crippen molar-refractivity contribution in [1.29, 1.82) is 0 Å². The summed E-state index contributed by atoms with van der Waals surface area (Å²) in [5, 5.41) is 9.63. The van der Waals surface area contributed by atoms with Crippen LogP contribution in [0.15, 0.2) is 23.2 Å². The lowest BCUT2D eigenvalue weighted by Gasteiger charge is -2.20. The number of hydrogen-bond acceptors (Lipinski definition) is 2. The molecular weight excluding hydrogens is 425 g/mol. The van der Waals surface area contributed by atoms with Crippen molar-refractivity contribution in [2.45, 2.75) is 39.7 Å². The van der Waals surface area contributed by atoms with E-state index in [2.05, 4.69) is 41.7 Å². The van der Waals surface area contributed by atoms with Gasteiger partial charge in [-0.3, -0.25) is 4.99 Å². The fraction of sp³-hybridized carbons (Fsp3) is 0.588. The SMILES string of the molecule is CCNC(=NCCNC(C)(C)C)NCCc1cc(F)ccc1F.I. The summed E-state index contributed by atoms with van der Waals surface area (Å²) in [5.74, 6) is -0.125. The zero-order valence-corrected chi connectivity index (χ0v) is 17.2. The van der Waals surface area contributed by atoms with Crippen molar-refractivity contribution in [3.63, 3.8) is 0 Å². The van der Waals surface area contributed by atoms with Gasteiger partial charge in [0.15, 0.2) is 5.96 Å². The number of benzene rings is 1. The average Bonchev–Trinajstić information content (AvgIpc) is 2.46. The summed E-state index contributed by atoms with van der Waals surface area (Å²) >= 11 is 0. The van der Waals surface area contributed by atoms with Gasteiger partial charge in [-0.05, 0) is 57.9 Å². The molecular formula is C17H29F2IN4. The molecule has 0 saturated carbocycles. The molecule has 138 valence electrons. The lowest BCUT2D eigenvalue weighted by atomic mass is 10.1. The predicted octanol–water partition coefficient (Wildman–Crippen LogP) is 3.07. The maximum atomic E-state index is 13.6. The van der Waals surface area contributed by atoms with Crippen LogP contribution in [0.4, 0.5) is 8.78 Å². The van der Waals surface area contributed by atoms with Gasteiger partial charge in [-0.1, -0.05) is 0 Å². The van der Waals surface area contributed by atoms with Gasteiger partial charge in [-0.15, -0.1) is 24.0 Å². The van der Waals surface area contributed by atoms with Crippen LogP contribution in [-0.2, 0) is 6.42 Å². The lowest BCUT2D eigenvalue weighted by molar-refractivity contribution is 0.432. The van der Waals surface area contributed by atoms with E-state index in [0.29, 0.717) is 31.0 Å². The highest BCUT2D eigenvalue weighted by atomic mass is 127. The van der Waals surface area contributed by atoms with Gasteiger partial charge in [0.1, 0.15) is 11.6 Å². The third-order valence-corrected chi connectivity index (χ3v) is 3.08. The summed E-state index contributed by atoms with van der Waals surface area (Å²) < 4.78 is 26.7. The van der Waals surface area contributed by atoms with Crippen molar-refractivity contribution in [1.82, 2.24) is 16.0 Å². The van der Waals surface area contributed by atoms with E-state index in [1.807, 2.05) is 6.92 Å². The number of aliphatic imine (C=N–C) groups is 1. The molecule has 0 atom stereocenters. The highest BCUT2D eigenvalue weighted by Gasteiger charge is 2.07. The van der Waals surface area contributed by atoms with Gasteiger partial charge in [0.05, 0.1) is 6.54 Å². The zero-order chi connectivity index (χ0) is 17.3. The Morgan fingerprint density at radius 2 is 1.83 bits per heavy atom.